The van der Waals surface area contributed by atoms with Gasteiger partial charge in [0.1, 0.15) is 11.6 Å². The first kappa shape index (κ1) is 22.0. The molecule has 2 aromatic carbocycles. The van der Waals surface area contributed by atoms with E-state index in [1.807, 2.05) is 0 Å². The lowest BCUT2D eigenvalue weighted by molar-refractivity contribution is -0.154. The minimum absolute atomic E-state index is 0.000259. The number of rotatable bonds is 8. The molecule has 1 atom stereocenters. The zero-order valence-electron chi connectivity index (χ0n) is 15.8. The Balaban J connectivity index is 1.87. The minimum Gasteiger partial charge on any atom is -0.449 e. The summed E-state index contributed by atoms with van der Waals surface area (Å²) in [5.41, 5.74) is 1.17. The summed E-state index contributed by atoms with van der Waals surface area (Å²) in [6, 6.07) is 11.5. The van der Waals surface area contributed by atoms with E-state index in [-0.39, 0.29) is 12.3 Å². The third kappa shape index (κ3) is 7.33. The molecule has 5 nitrogen and oxygen atoms in total. The van der Waals surface area contributed by atoms with Gasteiger partial charge >= 0.3 is 12.6 Å². The summed E-state index contributed by atoms with van der Waals surface area (Å²) < 4.78 is 46.8. The minimum atomic E-state index is -2.91. The van der Waals surface area contributed by atoms with Gasteiger partial charge in [0.15, 0.2) is 6.10 Å². The van der Waals surface area contributed by atoms with Gasteiger partial charge in [0.2, 0.25) is 0 Å². The van der Waals surface area contributed by atoms with Crippen LogP contribution in [-0.4, -0.2) is 36.5 Å². The maximum Gasteiger partial charge on any atom is 0.387 e. The van der Waals surface area contributed by atoms with Crippen LogP contribution in [0.2, 0.25) is 0 Å². The number of esters is 1. The molecule has 0 N–H and O–H groups in total. The van der Waals surface area contributed by atoms with Crippen LogP contribution in [0.1, 0.15) is 18.1 Å². The molecule has 8 heteroatoms. The number of nitrogens with zero attached hydrogens (tertiary/aromatic N) is 1. The van der Waals surface area contributed by atoms with Gasteiger partial charge in [-0.3, -0.25) is 4.79 Å². The molecule has 0 aliphatic heterocycles. The predicted molar refractivity (Wildman–Crippen MR) is 101 cm³/mol. The number of likely N-dealkylation sites (N-methyl/N-ethyl adjacent to an activating group) is 1. The number of benzene rings is 2. The van der Waals surface area contributed by atoms with Gasteiger partial charge in [0.25, 0.3) is 5.91 Å². The largest absolute Gasteiger partial charge is 0.449 e. The monoisotopic (exact) mass is 407 g/mol. The molecular formula is C21H20F3NO4. The number of carbonyl (C=O) groups excluding carboxylic acids is 2. The lowest BCUT2D eigenvalue weighted by atomic mass is 10.2. The molecule has 1 amide bonds. The van der Waals surface area contributed by atoms with Crippen molar-refractivity contribution in [3.05, 3.63) is 71.6 Å². The second-order valence-electron chi connectivity index (χ2n) is 6.18. The van der Waals surface area contributed by atoms with Crippen LogP contribution in [0.5, 0.6) is 5.75 Å². The van der Waals surface area contributed by atoms with Gasteiger partial charge in [-0.25, -0.2) is 9.18 Å². The highest BCUT2D eigenvalue weighted by Gasteiger charge is 2.20. The standard InChI is InChI=1S/C21H20F3NO4/c1-14(20(27)25(2)13-16-4-3-5-17(22)12-16)28-19(26)11-8-15-6-9-18(10-7-15)29-21(23)24/h3-12,14,21H,13H2,1-2H3/b11-8+. The predicted octanol–water partition coefficient (Wildman–Crippen LogP) is 4.03. The van der Waals surface area contributed by atoms with Crippen LogP contribution in [-0.2, 0) is 20.9 Å². The van der Waals surface area contributed by atoms with E-state index in [0.717, 1.165) is 6.08 Å². The summed E-state index contributed by atoms with van der Waals surface area (Å²) in [6.45, 7) is -1.31. The van der Waals surface area contributed by atoms with E-state index in [0.29, 0.717) is 11.1 Å². The van der Waals surface area contributed by atoms with E-state index in [2.05, 4.69) is 4.74 Å². The topological polar surface area (TPSA) is 55.8 Å². The summed E-state index contributed by atoms with van der Waals surface area (Å²) in [5.74, 6) is -1.58. The Morgan fingerprint density at radius 3 is 2.45 bits per heavy atom. The molecule has 2 rings (SSSR count). The SMILES string of the molecule is CC(OC(=O)/C=C/c1ccc(OC(F)F)cc1)C(=O)N(C)Cc1cccc(F)c1. The van der Waals surface area contributed by atoms with Crippen molar-refractivity contribution in [3.63, 3.8) is 0 Å². The molecule has 154 valence electrons. The van der Waals surface area contributed by atoms with E-state index in [9.17, 15) is 22.8 Å². The van der Waals surface area contributed by atoms with E-state index < -0.39 is 30.4 Å². The first-order chi connectivity index (χ1) is 13.7. The average molecular weight is 407 g/mol. The van der Waals surface area contributed by atoms with Gasteiger partial charge in [0, 0.05) is 19.7 Å². The number of halogens is 3. The number of hydrogen-bond acceptors (Lipinski definition) is 4. The molecule has 0 bridgehead atoms. The molecule has 1 unspecified atom stereocenters. The highest BCUT2D eigenvalue weighted by Crippen LogP contribution is 2.16. The quantitative estimate of drug-likeness (QED) is 0.490. The lowest BCUT2D eigenvalue weighted by Crippen LogP contribution is -2.36. The lowest BCUT2D eigenvalue weighted by Gasteiger charge is -2.21. The van der Waals surface area contributed by atoms with Crippen molar-refractivity contribution in [3.8, 4) is 5.75 Å². The smallest absolute Gasteiger partial charge is 0.387 e. The number of ether oxygens (including phenoxy) is 2. The van der Waals surface area contributed by atoms with Crippen LogP contribution >= 0.6 is 0 Å². The molecule has 29 heavy (non-hydrogen) atoms. The third-order valence-electron chi connectivity index (χ3n) is 3.84. The highest BCUT2D eigenvalue weighted by molar-refractivity contribution is 5.90. The summed E-state index contributed by atoms with van der Waals surface area (Å²) in [4.78, 5) is 25.6. The molecule has 0 saturated carbocycles. The summed E-state index contributed by atoms with van der Waals surface area (Å²) in [5, 5.41) is 0. The van der Waals surface area contributed by atoms with E-state index >= 15 is 0 Å². The van der Waals surface area contributed by atoms with Gasteiger partial charge in [-0.2, -0.15) is 8.78 Å². The van der Waals surface area contributed by atoms with Crippen LogP contribution < -0.4 is 4.74 Å². The molecule has 0 aliphatic rings. The number of amides is 1. The van der Waals surface area contributed by atoms with Crippen LogP contribution in [0.15, 0.2) is 54.6 Å². The molecular weight excluding hydrogens is 387 g/mol. The number of hydrogen-bond donors (Lipinski definition) is 0. The first-order valence-electron chi connectivity index (χ1n) is 8.67. The summed E-state index contributed by atoms with van der Waals surface area (Å²) in [7, 11) is 1.52. The van der Waals surface area contributed by atoms with E-state index in [1.54, 1.807) is 12.1 Å². The fourth-order valence-electron chi connectivity index (χ4n) is 2.49. The van der Waals surface area contributed by atoms with Crippen LogP contribution in [0.3, 0.4) is 0 Å². The van der Waals surface area contributed by atoms with Gasteiger partial charge in [0.05, 0.1) is 0 Å². The average Bonchev–Trinajstić information content (AvgIpc) is 2.66. The van der Waals surface area contributed by atoms with Crippen LogP contribution in [0.25, 0.3) is 6.08 Å². The zero-order valence-corrected chi connectivity index (χ0v) is 15.8. The van der Waals surface area contributed by atoms with Crippen molar-refractivity contribution in [1.82, 2.24) is 4.90 Å². The molecule has 0 heterocycles. The molecule has 0 saturated heterocycles. The van der Waals surface area contributed by atoms with Gasteiger partial charge in [-0.1, -0.05) is 24.3 Å². The molecule has 0 aliphatic carbocycles. The van der Waals surface area contributed by atoms with Crippen molar-refractivity contribution in [1.29, 1.82) is 0 Å². The van der Waals surface area contributed by atoms with Crippen molar-refractivity contribution in [2.75, 3.05) is 7.05 Å². The van der Waals surface area contributed by atoms with E-state index in [1.165, 1.54) is 61.3 Å². The maximum atomic E-state index is 13.2. The second kappa shape index (κ2) is 10.3. The van der Waals surface area contributed by atoms with Crippen molar-refractivity contribution in [2.45, 2.75) is 26.2 Å². The van der Waals surface area contributed by atoms with Crippen LogP contribution in [0, 0.1) is 5.82 Å². The molecule has 0 radical (unpaired) electrons. The number of alkyl halides is 2. The fraction of sp³-hybridized carbons (Fsp3) is 0.238. The first-order valence-corrected chi connectivity index (χ1v) is 8.67. The Labute approximate surface area is 166 Å². The van der Waals surface area contributed by atoms with Crippen molar-refractivity contribution in [2.24, 2.45) is 0 Å². The highest BCUT2D eigenvalue weighted by atomic mass is 19.3. The van der Waals surface area contributed by atoms with Gasteiger partial charge in [-0.05, 0) is 48.4 Å². The van der Waals surface area contributed by atoms with Gasteiger partial charge < -0.3 is 14.4 Å². The number of carbonyl (C=O) groups is 2. The zero-order chi connectivity index (χ0) is 21.4. The molecule has 0 spiro atoms. The molecule has 0 fully saturated rings. The van der Waals surface area contributed by atoms with Gasteiger partial charge in [-0.15, -0.1) is 0 Å². The Bertz CT molecular complexity index is 868. The molecule has 0 aromatic heterocycles. The van der Waals surface area contributed by atoms with Crippen molar-refractivity contribution < 1.29 is 32.2 Å². The van der Waals surface area contributed by atoms with Crippen molar-refractivity contribution >= 4 is 18.0 Å². The second-order valence-corrected chi connectivity index (χ2v) is 6.18. The Morgan fingerprint density at radius 2 is 1.83 bits per heavy atom. The van der Waals surface area contributed by atoms with Crippen LogP contribution in [0.4, 0.5) is 13.2 Å². The Hall–Kier alpha value is -3.29. The normalized spacial score (nSPS) is 12.1. The summed E-state index contributed by atoms with van der Waals surface area (Å²) in [6.07, 6.45) is 1.51. The maximum absolute atomic E-state index is 13.2. The molecule has 2 aromatic rings. The Kier molecular flexibility index (Phi) is 7.82. The Morgan fingerprint density at radius 1 is 1.14 bits per heavy atom. The fourth-order valence-corrected chi connectivity index (χ4v) is 2.49. The summed E-state index contributed by atoms with van der Waals surface area (Å²) >= 11 is 0. The van der Waals surface area contributed by atoms with E-state index in [4.69, 9.17) is 4.74 Å². The third-order valence-corrected chi connectivity index (χ3v) is 3.84.